The monoisotopic (exact) mass is 456 g/mol. The molecule has 1 N–H and O–H groups in total. The Balaban J connectivity index is 1.30. The van der Waals surface area contributed by atoms with Crippen LogP contribution in [0.5, 0.6) is 0 Å². The number of amides is 1. The van der Waals surface area contributed by atoms with Crippen molar-refractivity contribution < 1.29 is 14.1 Å². The fourth-order valence-electron chi connectivity index (χ4n) is 4.87. The molecule has 1 aromatic carbocycles. The molecule has 0 bridgehead atoms. The maximum Gasteiger partial charge on any atom is 0.410 e. The zero-order valence-corrected chi connectivity index (χ0v) is 20.6. The van der Waals surface area contributed by atoms with E-state index in [0.29, 0.717) is 12.0 Å². The van der Waals surface area contributed by atoms with Crippen LogP contribution in [0.25, 0.3) is 11.0 Å². The van der Waals surface area contributed by atoms with Crippen molar-refractivity contribution in [3.8, 4) is 0 Å². The zero-order valence-electron chi connectivity index (χ0n) is 20.6. The van der Waals surface area contributed by atoms with Gasteiger partial charge in [-0.3, -0.25) is 9.47 Å². The first-order valence-electron chi connectivity index (χ1n) is 12.1. The Labute approximate surface area is 195 Å². The quantitative estimate of drug-likeness (QED) is 0.721. The van der Waals surface area contributed by atoms with E-state index in [2.05, 4.69) is 39.7 Å². The van der Waals surface area contributed by atoms with Gasteiger partial charge in [-0.1, -0.05) is 6.07 Å². The Morgan fingerprint density at radius 1 is 1.24 bits per heavy atom. The van der Waals surface area contributed by atoms with Gasteiger partial charge in [-0.05, 0) is 58.2 Å². The third-order valence-electron chi connectivity index (χ3n) is 6.73. The number of likely N-dealkylation sites (tertiary alicyclic amines) is 1. The largest absolute Gasteiger partial charge is 0.444 e. The number of benzene rings is 1. The van der Waals surface area contributed by atoms with Crippen molar-refractivity contribution in [2.75, 3.05) is 32.7 Å². The summed E-state index contributed by atoms with van der Waals surface area (Å²) in [7, 11) is 1.81. The van der Waals surface area contributed by atoms with Crippen LogP contribution in [-0.4, -0.2) is 80.6 Å². The highest BCUT2D eigenvalue weighted by Gasteiger charge is 2.30. The highest BCUT2D eigenvalue weighted by Crippen LogP contribution is 2.20. The van der Waals surface area contributed by atoms with Gasteiger partial charge in [-0.15, -0.1) is 0 Å². The molecule has 0 spiro atoms. The Morgan fingerprint density at radius 2 is 1.97 bits per heavy atom. The molecule has 2 aromatic rings. The number of aryl methyl sites for hydroxylation is 1. The van der Waals surface area contributed by atoms with Crippen molar-refractivity contribution in [2.24, 2.45) is 13.0 Å². The first-order valence-corrected chi connectivity index (χ1v) is 12.1. The van der Waals surface area contributed by atoms with Gasteiger partial charge in [-0.2, -0.15) is 0 Å². The maximum absolute atomic E-state index is 12.3. The topological polar surface area (TPSA) is 73.6 Å². The minimum Gasteiger partial charge on any atom is -0.444 e. The Hall–Kier alpha value is -2.61. The highest BCUT2D eigenvalue weighted by atomic mass is 16.6. The number of aromatic amines is 1. The van der Waals surface area contributed by atoms with Gasteiger partial charge in [0, 0.05) is 32.6 Å². The van der Waals surface area contributed by atoms with Crippen LogP contribution < -0.4 is 5.69 Å². The van der Waals surface area contributed by atoms with Gasteiger partial charge in [0.2, 0.25) is 0 Å². The molecule has 2 aliphatic rings. The van der Waals surface area contributed by atoms with Crippen LogP contribution in [0, 0.1) is 5.92 Å². The number of carbonyl (C=O) groups is 1. The van der Waals surface area contributed by atoms with E-state index in [1.165, 1.54) is 5.56 Å². The first kappa shape index (κ1) is 23.5. The molecule has 4 rings (SSSR count). The van der Waals surface area contributed by atoms with E-state index in [4.69, 9.17) is 4.74 Å². The van der Waals surface area contributed by atoms with E-state index in [1.54, 1.807) is 11.6 Å². The van der Waals surface area contributed by atoms with Crippen LogP contribution in [0.1, 0.15) is 46.1 Å². The molecule has 0 aliphatic carbocycles. The first-order chi connectivity index (χ1) is 15.6. The third-order valence-corrected chi connectivity index (χ3v) is 6.73. The number of aromatic nitrogens is 2. The molecule has 180 valence electrons. The number of nitrogens with one attached hydrogen (secondary N) is 1. The van der Waals surface area contributed by atoms with Crippen molar-refractivity contribution in [3.63, 3.8) is 0 Å². The molecule has 1 amide bonds. The van der Waals surface area contributed by atoms with E-state index in [1.807, 2.05) is 31.7 Å². The van der Waals surface area contributed by atoms with Crippen LogP contribution >= 0.6 is 0 Å². The molecular weight excluding hydrogens is 418 g/mol. The maximum atomic E-state index is 12.3. The van der Waals surface area contributed by atoms with Crippen LogP contribution in [0.3, 0.4) is 0 Å². The van der Waals surface area contributed by atoms with E-state index in [-0.39, 0.29) is 11.8 Å². The van der Waals surface area contributed by atoms with Gasteiger partial charge in [-0.25, -0.2) is 14.2 Å². The molecule has 1 atom stereocenters. The fourth-order valence-corrected chi connectivity index (χ4v) is 4.87. The summed E-state index contributed by atoms with van der Waals surface area (Å²) in [4.78, 5) is 31.4. The summed E-state index contributed by atoms with van der Waals surface area (Å²) < 4.78 is 9.67. The molecule has 8 heteroatoms. The smallest absolute Gasteiger partial charge is 0.410 e. The number of nitrogens with zero attached hydrogens (tertiary/aromatic N) is 4. The number of ether oxygens (including phenoxy) is 1. The van der Waals surface area contributed by atoms with Crippen molar-refractivity contribution in [2.45, 2.75) is 58.7 Å². The normalized spacial score (nSPS) is 22.3. The predicted octanol–water partition coefficient (Wildman–Crippen LogP) is 2.80. The second-order valence-electron chi connectivity index (χ2n) is 10.6. The molecule has 2 fully saturated rings. The number of fused-ring (bicyclic) bond motifs is 1. The van der Waals surface area contributed by atoms with Crippen molar-refractivity contribution in [1.29, 1.82) is 0 Å². The van der Waals surface area contributed by atoms with Crippen molar-refractivity contribution in [3.05, 3.63) is 34.2 Å². The fraction of sp³-hybridized carbons (Fsp3) is 0.640. The summed E-state index contributed by atoms with van der Waals surface area (Å²) in [6, 6.07) is 6.68. The third kappa shape index (κ3) is 5.66. The molecule has 1 aromatic heterocycles. The summed E-state index contributed by atoms with van der Waals surface area (Å²) in [5, 5.41) is 0. The number of rotatable bonds is 3. The molecule has 3 heterocycles. The summed E-state index contributed by atoms with van der Waals surface area (Å²) in [6.45, 7) is 13.5. The summed E-state index contributed by atoms with van der Waals surface area (Å²) in [6.07, 6.45) is 4.19. The number of hydrogen-bond donors (Lipinski definition) is 1. The number of piperazine rings is 1. The minimum atomic E-state index is -0.445. The number of carbonyl (C=O) groups excluding carboxylic acids is 1. The summed E-state index contributed by atoms with van der Waals surface area (Å²) >= 11 is 0. The van der Waals surface area contributed by atoms with Gasteiger partial charge >= 0.3 is 11.8 Å². The second kappa shape index (κ2) is 9.33. The average molecular weight is 457 g/mol. The number of imidazole rings is 1. The highest BCUT2D eigenvalue weighted by molar-refractivity contribution is 5.75. The van der Waals surface area contributed by atoms with Crippen LogP contribution in [-0.2, 0) is 18.3 Å². The average Bonchev–Trinajstić information content (AvgIpc) is 3.03. The zero-order chi connectivity index (χ0) is 23.8. The van der Waals surface area contributed by atoms with E-state index < -0.39 is 5.60 Å². The van der Waals surface area contributed by atoms with Crippen LogP contribution in [0.4, 0.5) is 4.79 Å². The van der Waals surface area contributed by atoms with Crippen LogP contribution in [0.2, 0.25) is 0 Å². The lowest BCUT2D eigenvalue weighted by molar-refractivity contribution is -0.572. The Kier molecular flexibility index (Phi) is 6.66. The van der Waals surface area contributed by atoms with Crippen LogP contribution in [0.15, 0.2) is 23.0 Å². The number of H-pyrrole nitrogens is 1. The van der Waals surface area contributed by atoms with E-state index >= 15 is 0 Å². The van der Waals surface area contributed by atoms with Gasteiger partial charge in [0.25, 0.3) is 0 Å². The molecule has 33 heavy (non-hydrogen) atoms. The second-order valence-corrected chi connectivity index (χ2v) is 10.6. The lowest BCUT2D eigenvalue weighted by Crippen LogP contribution is -2.48. The van der Waals surface area contributed by atoms with Crippen molar-refractivity contribution in [1.82, 2.24) is 19.4 Å². The molecule has 0 saturated carbocycles. The van der Waals surface area contributed by atoms with Crippen molar-refractivity contribution >= 4 is 23.3 Å². The number of piperidine rings is 1. The lowest BCUT2D eigenvalue weighted by Gasteiger charge is -2.33. The molecular formula is C25H38N5O3+. The van der Waals surface area contributed by atoms with E-state index in [9.17, 15) is 9.59 Å². The van der Waals surface area contributed by atoms with Gasteiger partial charge in [0.15, 0.2) is 12.6 Å². The standard InChI is InChI=1S/C25H37N5O3/c1-18-15-28(16-20-6-7-21-22(14-20)27(5)23(31)26-21)12-13-30(18)17-19-8-10-29(11-9-19)24(32)33-25(2,3)4/h6-7,14,17-19H,8-13,15-16H2,1-5H3/p+1. The SMILES string of the molecule is CC1CN(Cc2ccc3[nH]c(=O)n(C)c3c2)CC[N+]1=CC1CCN(C(=O)OC(C)(C)C)CC1. The Bertz CT molecular complexity index is 1090. The minimum absolute atomic E-state index is 0.0724. The lowest BCUT2D eigenvalue weighted by atomic mass is 9.98. The molecule has 0 radical (unpaired) electrons. The Morgan fingerprint density at radius 3 is 2.64 bits per heavy atom. The van der Waals surface area contributed by atoms with E-state index in [0.717, 1.165) is 63.1 Å². The van der Waals surface area contributed by atoms with Gasteiger partial charge in [0.1, 0.15) is 11.8 Å². The molecule has 1 unspecified atom stereocenters. The molecule has 2 saturated heterocycles. The van der Waals surface area contributed by atoms with Gasteiger partial charge < -0.3 is 14.6 Å². The number of hydrogen-bond acceptors (Lipinski definition) is 4. The summed E-state index contributed by atoms with van der Waals surface area (Å²) in [5.74, 6) is 0.509. The van der Waals surface area contributed by atoms with Gasteiger partial charge in [0.05, 0.1) is 24.1 Å². The molecule has 8 nitrogen and oxygen atoms in total. The summed E-state index contributed by atoms with van der Waals surface area (Å²) in [5.41, 5.74) is 2.55. The predicted molar refractivity (Wildman–Crippen MR) is 130 cm³/mol. The molecule has 2 aliphatic heterocycles.